The van der Waals surface area contributed by atoms with Crippen molar-refractivity contribution in [2.45, 2.75) is 13.0 Å². The van der Waals surface area contributed by atoms with Crippen LogP contribution in [0.1, 0.15) is 16.7 Å². The Morgan fingerprint density at radius 1 is 0.800 bits per heavy atom. The first-order valence-electron chi connectivity index (χ1n) is 14.2. The van der Waals surface area contributed by atoms with Gasteiger partial charge < -0.3 is 19.0 Å². The smallest absolute Gasteiger partial charge is 0.320 e. The standard InChI is InChI=1S/C35H32N2O7S/c1-41-33(38)29(34(39)42-2)21-23-9-16-28(17-10-23)44-20-19-37-30-18-15-27(22-31(30)45-35(37)40)32(36-43-3)26-13-11-25(12-14-26)24-7-5-4-6-8-24/h4-18,22,29H,19-21H2,1-3H3. The fraction of sp³-hybridized carbons (Fsp3) is 0.200. The topological polar surface area (TPSA) is 105 Å². The molecule has 10 heteroatoms. The molecule has 0 atom stereocenters. The molecule has 0 saturated carbocycles. The van der Waals surface area contributed by atoms with Crippen LogP contribution >= 0.6 is 11.3 Å². The summed E-state index contributed by atoms with van der Waals surface area (Å²) in [4.78, 5) is 42.0. The number of hydrogen-bond donors (Lipinski definition) is 0. The van der Waals surface area contributed by atoms with E-state index in [0.29, 0.717) is 18.0 Å². The molecule has 0 spiro atoms. The third kappa shape index (κ3) is 7.30. The largest absolute Gasteiger partial charge is 0.492 e. The summed E-state index contributed by atoms with van der Waals surface area (Å²) in [5, 5.41) is 4.30. The van der Waals surface area contributed by atoms with E-state index in [4.69, 9.17) is 19.0 Å². The molecule has 0 saturated heterocycles. The summed E-state index contributed by atoms with van der Waals surface area (Å²) >= 11 is 1.17. The van der Waals surface area contributed by atoms with Crippen molar-refractivity contribution < 1.29 is 28.6 Å². The molecule has 9 nitrogen and oxygen atoms in total. The van der Waals surface area contributed by atoms with Crippen LogP contribution in [0.3, 0.4) is 0 Å². The average molecular weight is 625 g/mol. The van der Waals surface area contributed by atoms with Crippen LogP contribution in [0.2, 0.25) is 0 Å². The van der Waals surface area contributed by atoms with E-state index in [2.05, 4.69) is 29.4 Å². The Morgan fingerprint density at radius 2 is 1.44 bits per heavy atom. The molecular formula is C35H32N2O7S. The summed E-state index contributed by atoms with van der Waals surface area (Å²) in [6.45, 7) is 0.622. The number of rotatable bonds is 12. The SMILES string of the molecule is CON=C(c1ccc(-c2ccccc2)cc1)c1ccc2c(c1)sc(=O)n2CCOc1ccc(CC(C(=O)OC)C(=O)OC)cc1. The molecule has 0 N–H and O–H groups in total. The number of aromatic nitrogens is 1. The maximum atomic E-state index is 12.9. The summed E-state index contributed by atoms with van der Waals surface area (Å²) in [5.74, 6) is -1.74. The second-order valence-corrected chi connectivity index (χ2v) is 11.1. The first-order valence-corrected chi connectivity index (χ1v) is 15.0. The van der Waals surface area contributed by atoms with Crippen LogP contribution in [0.4, 0.5) is 0 Å². The lowest BCUT2D eigenvalue weighted by atomic mass is 9.99. The molecule has 0 aliphatic rings. The third-order valence-corrected chi connectivity index (χ3v) is 8.25. The van der Waals surface area contributed by atoms with Gasteiger partial charge in [0.25, 0.3) is 0 Å². The molecule has 45 heavy (non-hydrogen) atoms. The number of hydrogen-bond acceptors (Lipinski definition) is 9. The van der Waals surface area contributed by atoms with Crippen LogP contribution in [0.25, 0.3) is 21.3 Å². The fourth-order valence-electron chi connectivity index (χ4n) is 5.00. The van der Waals surface area contributed by atoms with Crippen molar-refractivity contribution in [2.75, 3.05) is 27.9 Å². The molecule has 0 bridgehead atoms. The zero-order valence-corrected chi connectivity index (χ0v) is 25.9. The van der Waals surface area contributed by atoms with E-state index in [1.165, 1.54) is 32.7 Å². The molecule has 0 radical (unpaired) electrons. The summed E-state index contributed by atoms with van der Waals surface area (Å²) in [7, 11) is 3.98. The van der Waals surface area contributed by atoms with Crippen molar-refractivity contribution in [3.05, 3.63) is 123 Å². The van der Waals surface area contributed by atoms with E-state index in [1.54, 1.807) is 28.8 Å². The third-order valence-electron chi connectivity index (χ3n) is 7.31. The molecular weight excluding hydrogens is 592 g/mol. The minimum absolute atomic E-state index is 0.0878. The second kappa shape index (κ2) is 14.5. The number of ether oxygens (including phenoxy) is 3. The van der Waals surface area contributed by atoms with Gasteiger partial charge in [-0.25, -0.2) is 0 Å². The van der Waals surface area contributed by atoms with Crippen molar-refractivity contribution in [1.82, 2.24) is 4.57 Å². The van der Waals surface area contributed by atoms with E-state index in [-0.39, 0.29) is 17.9 Å². The maximum absolute atomic E-state index is 12.9. The van der Waals surface area contributed by atoms with Crippen LogP contribution in [0.5, 0.6) is 5.75 Å². The van der Waals surface area contributed by atoms with Crippen LogP contribution < -0.4 is 9.61 Å². The lowest BCUT2D eigenvalue weighted by molar-refractivity contribution is -0.158. The van der Waals surface area contributed by atoms with Gasteiger partial charge in [0.2, 0.25) is 0 Å². The number of oxime groups is 1. The number of esters is 2. The summed E-state index contributed by atoms with van der Waals surface area (Å²) < 4.78 is 17.9. The molecule has 0 unspecified atom stereocenters. The Hall–Kier alpha value is -5.22. The summed E-state index contributed by atoms with van der Waals surface area (Å²) in [6, 6.07) is 31.1. The highest BCUT2D eigenvalue weighted by Gasteiger charge is 2.28. The molecule has 0 aliphatic carbocycles. The molecule has 1 aromatic heterocycles. The summed E-state index contributed by atoms with van der Waals surface area (Å²) in [5.41, 5.74) is 6.19. The first-order chi connectivity index (χ1) is 21.9. The van der Waals surface area contributed by atoms with E-state index >= 15 is 0 Å². The lowest BCUT2D eigenvalue weighted by Crippen LogP contribution is -2.28. The first kappa shape index (κ1) is 31.2. The van der Waals surface area contributed by atoms with Crippen LogP contribution in [0.15, 0.2) is 107 Å². The van der Waals surface area contributed by atoms with Crippen molar-refractivity contribution in [1.29, 1.82) is 0 Å². The maximum Gasteiger partial charge on any atom is 0.320 e. The monoisotopic (exact) mass is 624 g/mol. The quantitative estimate of drug-likeness (QED) is 0.0758. The Balaban J connectivity index is 1.26. The number of carbonyl (C=O) groups is 2. The predicted octanol–water partition coefficient (Wildman–Crippen LogP) is 5.71. The van der Waals surface area contributed by atoms with Gasteiger partial charge >= 0.3 is 16.8 Å². The van der Waals surface area contributed by atoms with Gasteiger partial charge in [-0.1, -0.05) is 89.3 Å². The number of thiazole rings is 1. The van der Waals surface area contributed by atoms with E-state index in [0.717, 1.165) is 38.0 Å². The average Bonchev–Trinajstić information content (AvgIpc) is 3.40. The van der Waals surface area contributed by atoms with Crippen LogP contribution in [-0.2, 0) is 36.9 Å². The number of methoxy groups -OCH3 is 2. The normalized spacial score (nSPS) is 11.4. The molecule has 0 aliphatic heterocycles. The van der Waals surface area contributed by atoms with Gasteiger partial charge in [-0.15, -0.1) is 0 Å². The van der Waals surface area contributed by atoms with Gasteiger partial charge in [-0.05, 0) is 47.4 Å². The van der Waals surface area contributed by atoms with Crippen molar-refractivity contribution in [2.24, 2.45) is 11.1 Å². The molecule has 0 fully saturated rings. The van der Waals surface area contributed by atoms with Crippen molar-refractivity contribution in [3.63, 3.8) is 0 Å². The zero-order chi connectivity index (χ0) is 31.8. The van der Waals surface area contributed by atoms with Gasteiger partial charge in [0.15, 0.2) is 5.92 Å². The number of fused-ring (bicyclic) bond motifs is 1. The minimum atomic E-state index is -1.04. The molecule has 230 valence electrons. The number of nitrogens with zero attached hydrogens (tertiary/aromatic N) is 2. The Morgan fingerprint density at radius 3 is 2.09 bits per heavy atom. The van der Waals surface area contributed by atoms with Gasteiger partial charge in [0.05, 0.1) is 31.0 Å². The fourth-order valence-corrected chi connectivity index (χ4v) is 5.96. The van der Waals surface area contributed by atoms with Gasteiger partial charge in [0, 0.05) is 11.1 Å². The highest BCUT2D eigenvalue weighted by atomic mass is 32.1. The number of benzene rings is 4. The highest BCUT2D eigenvalue weighted by Crippen LogP contribution is 2.24. The minimum Gasteiger partial charge on any atom is -0.492 e. The zero-order valence-electron chi connectivity index (χ0n) is 25.1. The Kier molecular flexibility index (Phi) is 10.1. The van der Waals surface area contributed by atoms with Crippen LogP contribution in [0, 0.1) is 5.92 Å². The Labute approximate surface area is 264 Å². The van der Waals surface area contributed by atoms with Gasteiger partial charge in [-0.3, -0.25) is 19.0 Å². The van der Waals surface area contributed by atoms with Crippen molar-refractivity contribution >= 4 is 39.2 Å². The molecule has 5 aromatic rings. The van der Waals surface area contributed by atoms with Gasteiger partial charge in [-0.2, -0.15) is 0 Å². The highest BCUT2D eigenvalue weighted by molar-refractivity contribution is 7.16. The lowest BCUT2D eigenvalue weighted by Gasteiger charge is -2.13. The van der Waals surface area contributed by atoms with E-state index in [1.807, 2.05) is 48.5 Å². The molecule has 1 heterocycles. The van der Waals surface area contributed by atoms with Crippen LogP contribution in [-0.4, -0.2) is 50.2 Å². The molecule has 5 rings (SSSR count). The summed E-state index contributed by atoms with van der Waals surface area (Å²) in [6.07, 6.45) is 0.147. The molecule has 0 amide bonds. The number of carbonyl (C=O) groups excluding carboxylic acids is 2. The van der Waals surface area contributed by atoms with E-state index in [9.17, 15) is 14.4 Å². The van der Waals surface area contributed by atoms with E-state index < -0.39 is 17.9 Å². The Bertz CT molecular complexity index is 1840. The van der Waals surface area contributed by atoms with Crippen molar-refractivity contribution in [3.8, 4) is 16.9 Å². The molecule has 4 aromatic carbocycles. The van der Waals surface area contributed by atoms with Gasteiger partial charge in [0.1, 0.15) is 25.2 Å². The second-order valence-electron chi connectivity index (χ2n) is 10.1. The predicted molar refractivity (Wildman–Crippen MR) is 174 cm³/mol.